The van der Waals surface area contributed by atoms with Gasteiger partial charge in [-0.3, -0.25) is 0 Å². The van der Waals surface area contributed by atoms with Crippen LogP contribution in [0.15, 0.2) is 12.1 Å². The van der Waals surface area contributed by atoms with Crippen LogP contribution >= 0.6 is 0 Å². The third-order valence-corrected chi connectivity index (χ3v) is 1.70. The molecule has 80 valence electrons. The van der Waals surface area contributed by atoms with Crippen LogP contribution in [0.4, 0.5) is 13.2 Å². The quantitative estimate of drug-likeness (QED) is 0.809. The fourth-order valence-electron chi connectivity index (χ4n) is 0.972. The van der Waals surface area contributed by atoms with Crippen molar-refractivity contribution in [1.82, 2.24) is 4.98 Å². The number of hydrogen-bond acceptors (Lipinski definition) is 1. The zero-order chi connectivity index (χ0) is 10.8. The van der Waals surface area contributed by atoms with E-state index in [9.17, 15) is 13.2 Å². The highest BCUT2D eigenvalue weighted by Gasteiger charge is 2.28. The monoisotopic (exact) mass is 207 g/mol. The Bertz CT molecular complexity index is 290. The van der Waals surface area contributed by atoms with Gasteiger partial charge in [0.05, 0.1) is 0 Å². The normalized spacial score (nSPS) is 12.1. The SMILES string of the molecule is CC(C)c1ccc(OCC(F)(F)F)[nH]1. The third kappa shape index (κ3) is 3.32. The summed E-state index contributed by atoms with van der Waals surface area (Å²) in [6.45, 7) is 2.63. The van der Waals surface area contributed by atoms with Crippen LogP contribution in [0.2, 0.25) is 0 Å². The standard InChI is InChI=1S/C9H12F3NO/c1-6(2)7-3-4-8(13-7)14-5-9(10,11)12/h3-4,6,13H,5H2,1-2H3. The lowest BCUT2D eigenvalue weighted by molar-refractivity contribution is -0.154. The minimum absolute atomic E-state index is 0.158. The summed E-state index contributed by atoms with van der Waals surface area (Å²) in [6, 6.07) is 3.22. The Balaban J connectivity index is 2.52. The molecule has 0 aromatic carbocycles. The van der Waals surface area contributed by atoms with Crippen LogP contribution in [-0.4, -0.2) is 17.8 Å². The van der Waals surface area contributed by atoms with Crippen LogP contribution in [0.1, 0.15) is 25.5 Å². The van der Waals surface area contributed by atoms with Gasteiger partial charge in [-0.05, 0) is 18.1 Å². The van der Waals surface area contributed by atoms with E-state index in [0.717, 1.165) is 5.69 Å². The molecule has 0 fully saturated rings. The number of aromatic nitrogens is 1. The van der Waals surface area contributed by atoms with Crippen LogP contribution in [0.5, 0.6) is 5.88 Å². The van der Waals surface area contributed by atoms with E-state index in [0.29, 0.717) is 0 Å². The number of halogens is 3. The first kappa shape index (κ1) is 10.9. The highest BCUT2D eigenvalue weighted by atomic mass is 19.4. The molecule has 1 heterocycles. The van der Waals surface area contributed by atoms with Gasteiger partial charge in [0, 0.05) is 5.69 Å². The minimum Gasteiger partial charge on any atom is -0.469 e. The fraction of sp³-hybridized carbons (Fsp3) is 0.556. The molecule has 2 nitrogen and oxygen atoms in total. The summed E-state index contributed by atoms with van der Waals surface area (Å²) in [5.41, 5.74) is 0.863. The smallest absolute Gasteiger partial charge is 0.422 e. The lowest BCUT2D eigenvalue weighted by atomic mass is 10.1. The van der Waals surface area contributed by atoms with Crippen molar-refractivity contribution in [3.8, 4) is 5.88 Å². The zero-order valence-corrected chi connectivity index (χ0v) is 7.98. The second-order valence-corrected chi connectivity index (χ2v) is 3.34. The molecule has 1 aromatic rings. The van der Waals surface area contributed by atoms with Crippen molar-refractivity contribution in [3.63, 3.8) is 0 Å². The highest BCUT2D eigenvalue weighted by molar-refractivity contribution is 5.20. The third-order valence-electron chi connectivity index (χ3n) is 1.70. The topological polar surface area (TPSA) is 25.0 Å². The molecule has 0 radical (unpaired) electrons. The molecule has 0 aliphatic heterocycles. The van der Waals surface area contributed by atoms with Crippen LogP contribution in [-0.2, 0) is 0 Å². The Hall–Kier alpha value is -1.13. The Morgan fingerprint density at radius 3 is 2.43 bits per heavy atom. The number of ether oxygens (including phenoxy) is 1. The average molecular weight is 207 g/mol. The lowest BCUT2D eigenvalue weighted by Gasteiger charge is -2.07. The molecule has 0 amide bonds. The molecule has 5 heteroatoms. The summed E-state index contributed by atoms with van der Waals surface area (Å²) in [7, 11) is 0. The molecule has 0 aliphatic carbocycles. The van der Waals surface area contributed by atoms with Gasteiger partial charge < -0.3 is 9.72 Å². The summed E-state index contributed by atoms with van der Waals surface area (Å²) in [5, 5.41) is 0. The maximum absolute atomic E-state index is 11.8. The van der Waals surface area contributed by atoms with E-state index >= 15 is 0 Å². The molecule has 0 atom stereocenters. The molecule has 14 heavy (non-hydrogen) atoms. The van der Waals surface area contributed by atoms with Crippen LogP contribution < -0.4 is 4.74 Å². The van der Waals surface area contributed by atoms with Gasteiger partial charge in [0.25, 0.3) is 0 Å². The first-order valence-corrected chi connectivity index (χ1v) is 4.27. The van der Waals surface area contributed by atoms with Gasteiger partial charge in [-0.2, -0.15) is 13.2 Å². The van der Waals surface area contributed by atoms with E-state index in [4.69, 9.17) is 0 Å². The average Bonchev–Trinajstić information content (AvgIpc) is 2.47. The highest BCUT2D eigenvalue weighted by Crippen LogP contribution is 2.20. The number of H-pyrrole nitrogens is 1. The molecule has 0 saturated carbocycles. The Labute approximate surface area is 80.1 Å². The van der Waals surface area contributed by atoms with E-state index in [1.807, 2.05) is 13.8 Å². The van der Waals surface area contributed by atoms with Gasteiger partial charge in [-0.1, -0.05) is 13.8 Å². The molecule has 1 N–H and O–H groups in total. The number of rotatable bonds is 3. The van der Waals surface area contributed by atoms with Crippen LogP contribution in [0, 0.1) is 0 Å². The first-order valence-electron chi connectivity index (χ1n) is 4.27. The summed E-state index contributed by atoms with van der Waals surface area (Å²) < 4.78 is 39.8. The minimum atomic E-state index is -4.29. The van der Waals surface area contributed by atoms with E-state index in [2.05, 4.69) is 9.72 Å². The van der Waals surface area contributed by atoms with Crippen molar-refractivity contribution >= 4 is 0 Å². The van der Waals surface area contributed by atoms with E-state index in [1.54, 1.807) is 6.07 Å². The van der Waals surface area contributed by atoms with Crippen molar-refractivity contribution in [2.75, 3.05) is 6.61 Å². The second-order valence-electron chi connectivity index (χ2n) is 3.34. The number of nitrogens with one attached hydrogen (secondary N) is 1. The van der Waals surface area contributed by atoms with Gasteiger partial charge in [0.15, 0.2) is 12.5 Å². The summed E-state index contributed by atoms with van der Waals surface area (Å²) >= 11 is 0. The van der Waals surface area contributed by atoms with Gasteiger partial charge in [-0.25, -0.2) is 0 Å². The number of hydrogen-bond donors (Lipinski definition) is 1. The Kier molecular flexibility index (Phi) is 3.08. The molecule has 1 rings (SSSR count). The van der Waals surface area contributed by atoms with E-state index < -0.39 is 12.8 Å². The molecule has 1 aromatic heterocycles. The first-order chi connectivity index (χ1) is 6.38. The van der Waals surface area contributed by atoms with Crippen LogP contribution in [0.25, 0.3) is 0 Å². The number of alkyl halides is 3. The van der Waals surface area contributed by atoms with Crippen molar-refractivity contribution in [3.05, 3.63) is 17.8 Å². The fourth-order valence-corrected chi connectivity index (χ4v) is 0.972. The molecule has 0 saturated heterocycles. The molecular formula is C9H12F3NO. The summed E-state index contributed by atoms with van der Waals surface area (Å²) in [4.78, 5) is 2.76. The van der Waals surface area contributed by atoms with Crippen LogP contribution in [0.3, 0.4) is 0 Å². The van der Waals surface area contributed by atoms with Crippen molar-refractivity contribution in [2.45, 2.75) is 25.9 Å². The predicted molar refractivity (Wildman–Crippen MR) is 46.4 cm³/mol. The maximum atomic E-state index is 11.8. The Morgan fingerprint density at radius 1 is 1.36 bits per heavy atom. The van der Waals surface area contributed by atoms with Crippen molar-refractivity contribution in [1.29, 1.82) is 0 Å². The lowest BCUT2D eigenvalue weighted by Crippen LogP contribution is -2.19. The van der Waals surface area contributed by atoms with Gasteiger partial charge in [-0.15, -0.1) is 0 Å². The summed E-state index contributed by atoms with van der Waals surface area (Å²) in [6.07, 6.45) is -4.29. The van der Waals surface area contributed by atoms with Crippen molar-refractivity contribution in [2.24, 2.45) is 0 Å². The largest absolute Gasteiger partial charge is 0.469 e. The second kappa shape index (κ2) is 3.94. The number of aromatic amines is 1. The maximum Gasteiger partial charge on any atom is 0.422 e. The van der Waals surface area contributed by atoms with Gasteiger partial charge in [0.1, 0.15) is 0 Å². The van der Waals surface area contributed by atoms with Gasteiger partial charge in [0.2, 0.25) is 0 Å². The predicted octanol–water partition coefficient (Wildman–Crippen LogP) is 3.08. The Morgan fingerprint density at radius 2 is 2.00 bits per heavy atom. The molecular weight excluding hydrogens is 195 g/mol. The van der Waals surface area contributed by atoms with E-state index in [1.165, 1.54) is 6.07 Å². The van der Waals surface area contributed by atoms with E-state index in [-0.39, 0.29) is 11.8 Å². The molecule has 0 spiro atoms. The molecule has 0 unspecified atom stereocenters. The molecule has 0 aliphatic rings. The molecule has 0 bridgehead atoms. The van der Waals surface area contributed by atoms with Crippen molar-refractivity contribution < 1.29 is 17.9 Å². The zero-order valence-electron chi connectivity index (χ0n) is 7.98. The van der Waals surface area contributed by atoms with Gasteiger partial charge >= 0.3 is 6.18 Å². The summed E-state index contributed by atoms with van der Waals surface area (Å²) in [5.74, 6) is 0.407.